The van der Waals surface area contributed by atoms with Crippen molar-refractivity contribution in [1.29, 1.82) is 0 Å². The van der Waals surface area contributed by atoms with E-state index in [2.05, 4.69) is 51.3 Å². The van der Waals surface area contributed by atoms with Crippen LogP contribution in [0.2, 0.25) is 0 Å². The lowest BCUT2D eigenvalue weighted by molar-refractivity contribution is 0.279. The normalized spacial score (nSPS) is 11.7. The fourth-order valence-corrected chi connectivity index (χ4v) is 4.56. The van der Waals surface area contributed by atoms with Crippen LogP contribution < -0.4 is 0 Å². The van der Waals surface area contributed by atoms with E-state index in [1.54, 1.807) is 23.9 Å². The van der Waals surface area contributed by atoms with Crippen LogP contribution >= 0.6 is 11.8 Å². The first-order valence-electron chi connectivity index (χ1n) is 10.7. The summed E-state index contributed by atoms with van der Waals surface area (Å²) in [6.45, 7) is 8.39. The van der Waals surface area contributed by atoms with E-state index < -0.39 is 0 Å². The van der Waals surface area contributed by atoms with Crippen molar-refractivity contribution in [3.05, 3.63) is 93.9 Å². The van der Waals surface area contributed by atoms with Crippen LogP contribution in [-0.4, -0.2) is 10.1 Å². The topological polar surface area (TPSA) is 33.1 Å². The van der Waals surface area contributed by atoms with E-state index in [0.717, 1.165) is 45.0 Å². The summed E-state index contributed by atoms with van der Waals surface area (Å²) in [5.41, 5.74) is 6.97. The number of benzene rings is 2. The van der Waals surface area contributed by atoms with Gasteiger partial charge in [0.1, 0.15) is 5.82 Å². The first-order chi connectivity index (χ1) is 14.9. The van der Waals surface area contributed by atoms with Crippen LogP contribution in [0.5, 0.6) is 0 Å². The molecule has 0 atom stereocenters. The number of nitrogens with zero attached hydrogens (tertiary/aromatic N) is 1. The van der Waals surface area contributed by atoms with Gasteiger partial charge in [-0.15, -0.1) is 11.8 Å². The molecule has 2 nitrogen and oxygen atoms in total. The largest absolute Gasteiger partial charge is 0.392 e. The molecule has 1 aromatic heterocycles. The predicted molar refractivity (Wildman–Crippen MR) is 131 cm³/mol. The van der Waals surface area contributed by atoms with E-state index in [9.17, 15) is 9.50 Å². The molecule has 1 N–H and O–H groups in total. The van der Waals surface area contributed by atoms with Crippen LogP contribution in [0.1, 0.15) is 67.6 Å². The molecule has 0 aliphatic heterocycles. The van der Waals surface area contributed by atoms with Gasteiger partial charge in [-0.1, -0.05) is 70.2 Å². The molecule has 31 heavy (non-hydrogen) atoms. The first-order valence-corrected chi connectivity index (χ1v) is 11.7. The maximum Gasteiger partial charge on any atom is 0.123 e. The number of aliphatic hydroxyl groups excluding tert-OH is 1. The van der Waals surface area contributed by atoms with Crippen LogP contribution in [0.25, 0.3) is 17.2 Å². The molecular formula is C27H30FNOS. The molecule has 0 amide bonds. The SMILES string of the molecule is CC(C)c1nc(C(C)C)c(CSC=Cc2ccccc2)c(-c2ccc(F)cc2)c1CO. The maximum absolute atomic E-state index is 13.6. The lowest BCUT2D eigenvalue weighted by Gasteiger charge is -2.24. The van der Waals surface area contributed by atoms with Gasteiger partial charge in [-0.2, -0.15) is 0 Å². The Balaban J connectivity index is 2.10. The molecular weight excluding hydrogens is 405 g/mol. The summed E-state index contributed by atoms with van der Waals surface area (Å²) in [5.74, 6) is 0.872. The minimum absolute atomic E-state index is 0.0941. The molecule has 0 aliphatic rings. The standard InChI is InChI=1S/C27H30FNOS/c1-18(2)26-23(16-30)25(21-10-12-22(28)13-11-21)24(27(29-26)19(3)4)17-31-15-14-20-8-6-5-7-9-20/h5-15,18-19,30H,16-17H2,1-4H3. The summed E-state index contributed by atoms with van der Waals surface area (Å²) in [6.07, 6.45) is 2.10. The number of aliphatic hydroxyl groups is 1. The summed E-state index contributed by atoms with van der Waals surface area (Å²) in [6, 6.07) is 16.8. The highest BCUT2D eigenvalue weighted by Crippen LogP contribution is 2.38. The second-order valence-electron chi connectivity index (χ2n) is 8.21. The summed E-state index contributed by atoms with van der Waals surface area (Å²) < 4.78 is 13.6. The second-order valence-corrected chi connectivity index (χ2v) is 9.11. The molecule has 3 aromatic rings. The van der Waals surface area contributed by atoms with Crippen LogP contribution in [0, 0.1) is 5.82 Å². The zero-order valence-corrected chi connectivity index (χ0v) is 19.4. The van der Waals surface area contributed by atoms with Crippen molar-refractivity contribution < 1.29 is 9.50 Å². The maximum atomic E-state index is 13.6. The molecule has 3 rings (SSSR count). The van der Waals surface area contributed by atoms with E-state index in [1.807, 2.05) is 18.2 Å². The highest BCUT2D eigenvalue weighted by Gasteiger charge is 2.23. The average molecular weight is 436 g/mol. The minimum Gasteiger partial charge on any atom is -0.392 e. The molecule has 0 bridgehead atoms. The number of pyridine rings is 1. The molecule has 162 valence electrons. The van der Waals surface area contributed by atoms with Crippen LogP contribution in [-0.2, 0) is 12.4 Å². The Morgan fingerprint density at radius 3 is 2.10 bits per heavy atom. The van der Waals surface area contributed by atoms with Crippen LogP contribution in [0.3, 0.4) is 0 Å². The molecule has 1 heterocycles. The fourth-order valence-electron chi connectivity index (χ4n) is 3.75. The summed E-state index contributed by atoms with van der Waals surface area (Å²) in [4.78, 5) is 5.01. The predicted octanol–water partition coefficient (Wildman–Crippen LogP) is 7.53. The smallest absolute Gasteiger partial charge is 0.123 e. The Bertz CT molecular complexity index is 1030. The Kier molecular flexibility index (Phi) is 8.05. The van der Waals surface area contributed by atoms with Gasteiger partial charge in [-0.05, 0) is 57.7 Å². The Morgan fingerprint density at radius 2 is 1.52 bits per heavy atom. The van der Waals surface area contributed by atoms with E-state index >= 15 is 0 Å². The van der Waals surface area contributed by atoms with Crippen molar-refractivity contribution in [3.8, 4) is 11.1 Å². The van der Waals surface area contributed by atoms with Crippen molar-refractivity contribution in [2.45, 2.75) is 51.9 Å². The van der Waals surface area contributed by atoms with Gasteiger partial charge in [0.2, 0.25) is 0 Å². The number of aromatic nitrogens is 1. The molecule has 0 fully saturated rings. The van der Waals surface area contributed by atoms with Crippen molar-refractivity contribution >= 4 is 17.8 Å². The van der Waals surface area contributed by atoms with Crippen molar-refractivity contribution in [3.63, 3.8) is 0 Å². The zero-order chi connectivity index (χ0) is 22.4. The highest BCUT2D eigenvalue weighted by molar-refractivity contribution is 8.01. The van der Waals surface area contributed by atoms with Crippen LogP contribution in [0.4, 0.5) is 4.39 Å². The Labute approximate surface area is 189 Å². The first kappa shape index (κ1) is 23.2. The molecule has 0 saturated heterocycles. The van der Waals surface area contributed by atoms with Crippen molar-refractivity contribution in [1.82, 2.24) is 4.98 Å². The number of hydrogen-bond donors (Lipinski definition) is 1. The van der Waals surface area contributed by atoms with Gasteiger partial charge in [-0.25, -0.2) is 4.39 Å². The molecule has 0 radical (unpaired) electrons. The number of thioether (sulfide) groups is 1. The number of hydrogen-bond acceptors (Lipinski definition) is 3. The van der Waals surface area contributed by atoms with Gasteiger partial charge >= 0.3 is 0 Å². The lowest BCUT2D eigenvalue weighted by Crippen LogP contribution is -2.11. The van der Waals surface area contributed by atoms with Crippen molar-refractivity contribution in [2.24, 2.45) is 0 Å². The van der Waals surface area contributed by atoms with Crippen molar-refractivity contribution in [2.75, 3.05) is 0 Å². The third-order valence-electron chi connectivity index (χ3n) is 5.23. The van der Waals surface area contributed by atoms with E-state index in [0.29, 0.717) is 0 Å². The van der Waals surface area contributed by atoms with Gasteiger partial charge in [0.05, 0.1) is 6.61 Å². The molecule has 0 spiro atoms. The van der Waals surface area contributed by atoms with Crippen LogP contribution in [0.15, 0.2) is 60.0 Å². The number of halogens is 1. The van der Waals surface area contributed by atoms with E-state index in [1.165, 1.54) is 12.1 Å². The second kappa shape index (κ2) is 10.7. The minimum atomic E-state index is -0.266. The van der Waals surface area contributed by atoms with E-state index in [4.69, 9.17) is 4.98 Å². The van der Waals surface area contributed by atoms with Gasteiger partial charge in [-0.3, -0.25) is 4.98 Å². The lowest BCUT2D eigenvalue weighted by atomic mass is 9.88. The Hall–Kier alpha value is -2.43. The monoisotopic (exact) mass is 435 g/mol. The van der Waals surface area contributed by atoms with Gasteiger partial charge in [0.15, 0.2) is 0 Å². The highest BCUT2D eigenvalue weighted by atomic mass is 32.2. The molecule has 2 aromatic carbocycles. The van der Waals surface area contributed by atoms with Gasteiger partial charge in [0, 0.05) is 22.7 Å². The average Bonchev–Trinajstić information content (AvgIpc) is 2.76. The zero-order valence-electron chi connectivity index (χ0n) is 18.6. The third kappa shape index (κ3) is 5.63. The Morgan fingerprint density at radius 1 is 0.903 bits per heavy atom. The molecule has 0 aliphatic carbocycles. The fraction of sp³-hybridized carbons (Fsp3) is 0.296. The summed E-state index contributed by atoms with van der Waals surface area (Å²) in [7, 11) is 0. The third-order valence-corrected chi connectivity index (χ3v) is 6.02. The summed E-state index contributed by atoms with van der Waals surface area (Å²) >= 11 is 1.70. The molecule has 4 heteroatoms. The molecule has 0 unspecified atom stereocenters. The number of rotatable bonds is 8. The quantitative estimate of drug-likeness (QED) is 0.397. The van der Waals surface area contributed by atoms with Gasteiger partial charge in [0.25, 0.3) is 0 Å². The van der Waals surface area contributed by atoms with E-state index in [-0.39, 0.29) is 24.3 Å². The van der Waals surface area contributed by atoms with Gasteiger partial charge < -0.3 is 5.11 Å². The summed E-state index contributed by atoms with van der Waals surface area (Å²) in [5, 5.41) is 12.4. The molecule has 0 saturated carbocycles.